The molecule has 1 heterocycles. The van der Waals surface area contributed by atoms with Crippen LogP contribution in [0.2, 0.25) is 10.0 Å². The molecule has 0 fully saturated rings. The number of nitrogens with one attached hydrogen (secondary N) is 1. The second kappa shape index (κ2) is 4.89. The fourth-order valence-corrected chi connectivity index (χ4v) is 2.28. The van der Waals surface area contributed by atoms with Crippen molar-refractivity contribution in [2.24, 2.45) is 0 Å². The molecule has 0 saturated carbocycles. The second-order valence-corrected chi connectivity index (χ2v) is 5.27. The molecule has 1 aromatic heterocycles. The number of oxazole rings is 1. The van der Waals surface area contributed by atoms with Gasteiger partial charge in [-0.25, -0.2) is 0 Å². The number of halogens is 2. The van der Waals surface area contributed by atoms with Crippen molar-refractivity contribution in [3.05, 3.63) is 45.9 Å². The van der Waals surface area contributed by atoms with Gasteiger partial charge in [0, 0.05) is 16.8 Å². The maximum atomic E-state index is 6.16. The number of aromatic nitrogens is 1. The van der Waals surface area contributed by atoms with E-state index in [4.69, 9.17) is 33.4 Å². The summed E-state index contributed by atoms with van der Waals surface area (Å²) >= 11 is 12.3. The minimum Gasteiger partial charge on any atom is -0.423 e. The van der Waals surface area contributed by atoms with E-state index in [1.165, 1.54) is 0 Å². The molecule has 6 heteroatoms. The number of hydrogen-bond donors (Lipinski definition) is 2. The number of nitrogen functional groups attached to an aromatic ring is 1. The van der Waals surface area contributed by atoms with Gasteiger partial charge < -0.3 is 15.5 Å². The van der Waals surface area contributed by atoms with Gasteiger partial charge in [0.1, 0.15) is 5.52 Å². The molecule has 3 aromatic rings. The summed E-state index contributed by atoms with van der Waals surface area (Å²) in [6.45, 7) is 1.89. The Balaban J connectivity index is 1.99. The molecular formula is C14H11Cl2N3O. The predicted molar refractivity (Wildman–Crippen MR) is 82.9 cm³/mol. The van der Waals surface area contributed by atoms with E-state index in [0.29, 0.717) is 33.0 Å². The summed E-state index contributed by atoms with van der Waals surface area (Å²) < 4.78 is 5.57. The standard InChI is InChI=1S/C14H11Cl2N3O/c1-7-4-10(16)12(6-9(7)15)19-14-18-11-3-2-8(17)5-13(11)20-14/h2-6H,17H2,1H3,(H,18,19). The van der Waals surface area contributed by atoms with Crippen LogP contribution in [0.5, 0.6) is 0 Å². The maximum Gasteiger partial charge on any atom is 0.300 e. The normalized spacial score (nSPS) is 10.9. The first-order valence-electron chi connectivity index (χ1n) is 5.91. The topological polar surface area (TPSA) is 64.1 Å². The summed E-state index contributed by atoms with van der Waals surface area (Å²) in [4.78, 5) is 4.31. The molecule has 102 valence electrons. The Morgan fingerprint density at radius 2 is 1.95 bits per heavy atom. The van der Waals surface area contributed by atoms with Crippen molar-refractivity contribution >= 4 is 51.7 Å². The molecular weight excluding hydrogens is 297 g/mol. The fourth-order valence-electron chi connectivity index (χ4n) is 1.85. The zero-order chi connectivity index (χ0) is 14.3. The first-order valence-corrected chi connectivity index (χ1v) is 6.67. The Labute approximate surface area is 125 Å². The maximum absolute atomic E-state index is 6.16. The summed E-state index contributed by atoms with van der Waals surface area (Å²) in [5, 5.41) is 4.19. The number of fused-ring (bicyclic) bond motifs is 1. The molecule has 0 atom stereocenters. The third-order valence-corrected chi connectivity index (χ3v) is 3.62. The van der Waals surface area contributed by atoms with E-state index in [0.717, 1.165) is 11.1 Å². The highest BCUT2D eigenvalue weighted by Gasteiger charge is 2.10. The predicted octanol–water partition coefficient (Wildman–Crippen LogP) is 4.77. The zero-order valence-corrected chi connectivity index (χ0v) is 12.1. The minimum absolute atomic E-state index is 0.340. The number of rotatable bonds is 2. The van der Waals surface area contributed by atoms with Crippen molar-refractivity contribution in [2.45, 2.75) is 6.92 Å². The van der Waals surface area contributed by atoms with E-state index in [1.807, 2.05) is 6.92 Å². The summed E-state index contributed by atoms with van der Waals surface area (Å²) in [6.07, 6.45) is 0. The Morgan fingerprint density at radius 1 is 1.15 bits per heavy atom. The molecule has 0 aliphatic carbocycles. The highest BCUT2D eigenvalue weighted by molar-refractivity contribution is 6.35. The minimum atomic E-state index is 0.340. The van der Waals surface area contributed by atoms with Gasteiger partial charge in [0.2, 0.25) is 0 Å². The molecule has 3 rings (SSSR count). The lowest BCUT2D eigenvalue weighted by molar-refractivity contribution is 0.623. The van der Waals surface area contributed by atoms with Crippen LogP contribution in [-0.4, -0.2) is 4.98 Å². The van der Waals surface area contributed by atoms with Crippen LogP contribution in [0.25, 0.3) is 11.1 Å². The molecule has 0 unspecified atom stereocenters. The van der Waals surface area contributed by atoms with Crippen LogP contribution in [0.1, 0.15) is 5.56 Å². The van der Waals surface area contributed by atoms with Gasteiger partial charge in [0.15, 0.2) is 5.58 Å². The third kappa shape index (κ3) is 2.40. The van der Waals surface area contributed by atoms with Crippen LogP contribution in [0.4, 0.5) is 17.4 Å². The lowest BCUT2D eigenvalue weighted by Crippen LogP contribution is -1.92. The van der Waals surface area contributed by atoms with Gasteiger partial charge in [-0.1, -0.05) is 23.2 Å². The zero-order valence-electron chi connectivity index (χ0n) is 10.6. The summed E-state index contributed by atoms with van der Waals surface area (Å²) in [5.74, 6) is 0. The van der Waals surface area contributed by atoms with Crippen LogP contribution in [0, 0.1) is 6.92 Å². The first kappa shape index (κ1) is 13.1. The van der Waals surface area contributed by atoms with E-state index in [9.17, 15) is 0 Å². The van der Waals surface area contributed by atoms with Gasteiger partial charge in [-0.05, 0) is 36.8 Å². The highest BCUT2D eigenvalue weighted by atomic mass is 35.5. The number of hydrogen-bond acceptors (Lipinski definition) is 4. The lowest BCUT2D eigenvalue weighted by atomic mass is 10.2. The van der Waals surface area contributed by atoms with Gasteiger partial charge in [0.25, 0.3) is 6.01 Å². The molecule has 0 aliphatic heterocycles. The summed E-state index contributed by atoms with van der Waals surface area (Å²) in [5.41, 5.74) is 9.20. The number of benzene rings is 2. The molecule has 4 nitrogen and oxygen atoms in total. The van der Waals surface area contributed by atoms with E-state index < -0.39 is 0 Å². The SMILES string of the molecule is Cc1cc(Cl)c(Nc2nc3ccc(N)cc3o2)cc1Cl. The van der Waals surface area contributed by atoms with Crippen molar-refractivity contribution in [1.82, 2.24) is 4.98 Å². The molecule has 0 aliphatic rings. The molecule has 0 amide bonds. The largest absolute Gasteiger partial charge is 0.423 e. The van der Waals surface area contributed by atoms with Crippen molar-refractivity contribution in [1.29, 1.82) is 0 Å². The first-order chi connectivity index (χ1) is 9.52. The Bertz CT molecular complexity index is 798. The lowest BCUT2D eigenvalue weighted by Gasteiger charge is -2.06. The number of nitrogens with two attached hydrogens (primary N) is 1. The number of nitrogens with zero attached hydrogens (tertiary/aromatic N) is 1. The average Bonchev–Trinajstić information content (AvgIpc) is 2.77. The molecule has 20 heavy (non-hydrogen) atoms. The highest BCUT2D eigenvalue weighted by Crippen LogP contribution is 2.32. The van der Waals surface area contributed by atoms with Crippen LogP contribution in [-0.2, 0) is 0 Å². The van der Waals surface area contributed by atoms with Gasteiger partial charge in [-0.15, -0.1) is 0 Å². The van der Waals surface area contributed by atoms with Gasteiger partial charge >= 0.3 is 0 Å². The van der Waals surface area contributed by atoms with Crippen molar-refractivity contribution in [3.63, 3.8) is 0 Å². The molecule has 0 spiro atoms. The van der Waals surface area contributed by atoms with Crippen LogP contribution >= 0.6 is 23.2 Å². The molecule has 3 N–H and O–H groups in total. The van der Waals surface area contributed by atoms with E-state index in [-0.39, 0.29) is 0 Å². The Hall–Kier alpha value is -1.91. The van der Waals surface area contributed by atoms with E-state index >= 15 is 0 Å². The monoisotopic (exact) mass is 307 g/mol. The quantitative estimate of drug-likeness (QED) is 0.669. The molecule has 0 saturated heterocycles. The summed E-state index contributed by atoms with van der Waals surface area (Å²) in [6, 6.07) is 9.15. The van der Waals surface area contributed by atoms with Gasteiger partial charge in [-0.2, -0.15) is 4.98 Å². The fraction of sp³-hybridized carbons (Fsp3) is 0.0714. The van der Waals surface area contributed by atoms with Gasteiger partial charge in [-0.3, -0.25) is 0 Å². The van der Waals surface area contributed by atoms with Gasteiger partial charge in [0.05, 0.1) is 10.7 Å². The number of aryl methyl sites for hydroxylation is 1. The average molecular weight is 308 g/mol. The molecule has 0 bridgehead atoms. The van der Waals surface area contributed by atoms with Crippen molar-refractivity contribution < 1.29 is 4.42 Å². The van der Waals surface area contributed by atoms with E-state index in [2.05, 4.69) is 10.3 Å². The van der Waals surface area contributed by atoms with Crippen molar-refractivity contribution in [3.8, 4) is 0 Å². The molecule has 0 radical (unpaired) electrons. The second-order valence-electron chi connectivity index (χ2n) is 4.45. The van der Waals surface area contributed by atoms with Crippen LogP contribution in [0.15, 0.2) is 34.7 Å². The Kier molecular flexibility index (Phi) is 3.20. The van der Waals surface area contributed by atoms with Crippen LogP contribution < -0.4 is 11.1 Å². The number of anilines is 3. The third-order valence-electron chi connectivity index (χ3n) is 2.90. The molecule has 2 aromatic carbocycles. The van der Waals surface area contributed by atoms with Crippen molar-refractivity contribution in [2.75, 3.05) is 11.1 Å². The smallest absolute Gasteiger partial charge is 0.300 e. The van der Waals surface area contributed by atoms with E-state index in [1.54, 1.807) is 30.3 Å². The summed E-state index contributed by atoms with van der Waals surface area (Å²) in [7, 11) is 0. The Morgan fingerprint density at radius 3 is 2.75 bits per heavy atom. The van der Waals surface area contributed by atoms with Crippen LogP contribution in [0.3, 0.4) is 0 Å².